The maximum absolute atomic E-state index is 12.2. The third-order valence-corrected chi connectivity index (χ3v) is 3.65. The number of carbonyl (C=O) groups is 2. The van der Waals surface area contributed by atoms with Crippen molar-refractivity contribution in [3.63, 3.8) is 0 Å². The number of amides is 1. The van der Waals surface area contributed by atoms with Crippen LogP contribution in [0.5, 0.6) is 0 Å². The summed E-state index contributed by atoms with van der Waals surface area (Å²) >= 11 is 5.86. The number of ether oxygens (including phenoxy) is 1. The Morgan fingerprint density at radius 1 is 1.31 bits per heavy atom. The van der Waals surface area contributed by atoms with E-state index in [-0.39, 0.29) is 27.5 Å². The van der Waals surface area contributed by atoms with Gasteiger partial charge < -0.3 is 10.1 Å². The molecule has 0 unspecified atom stereocenters. The fourth-order valence-corrected chi connectivity index (χ4v) is 2.24. The lowest BCUT2D eigenvalue weighted by Gasteiger charge is -2.14. The molecule has 26 heavy (non-hydrogen) atoms. The molecule has 0 spiro atoms. The summed E-state index contributed by atoms with van der Waals surface area (Å²) in [6, 6.07) is 11.6. The number of esters is 1. The number of nitrogens with zero attached hydrogens (tertiary/aromatic N) is 2. The van der Waals surface area contributed by atoms with Crippen molar-refractivity contribution in [2.45, 2.75) is 13.0 Å². The second kappa shape index (κ2) is 8.09. The Labute approximate surface area is 153 Å². The highest BCUT2D eigenvalue weighted by Crippen LogP contribution is 2.23. The number of para-hydroxylation sites is 1. The van der Waals surface area contributed by atoms with Crippen molar-refractivity contribution in [3.8, 4) is 6.07 Å². The van der Waals surface area contributed by atoms with Crippen molar-refractivity contribution >= 4 is 34.9 Å². The fourth-order valence-electron chi connectivity index (χ4n) is 1.98. The van der Waals surface area contributed by atoms with Crippen LogP contribution in [0, 0.1) is 21.4 Å². The number of anilines is 1. The Morgan fingerprint density at radius 2 is 2.00 bits per heavy atom. The van der Waals surface area contributed by atoms with Crippen molar-refractivity contribution < 1.29 is 19.2 Å². The van der Waals surface area contributed by atoms with E-state index in [2.05, 4.69) is 5.32 Å². The van der Waals surface area contributed by atoms with Crippen LogP contribution >= 0.6 is 11.6 Å². The van der Waals surface area contributed by atoms with Gasteiger partial charge in [-0.05, 0) is 25.1 Å². The van der Waals surface area contributed by atoms with Gasteiger partial charge in [-0.25, -0.2) is 4.79 Å². The van der Waals surface area contributed by atoms with Gasteiger partial charge in [0, 0.05) is 12.1 Å². The zero-order valence-corrected chi connectivity index (χ0v) is 14.2. The summed E-state index contributed by atoms with van der Waals surface area (Å²) in [5, 5.41) is 22.0. The summed E-state index contributed by atoms with van der Waals surface area (Å²) in [6.07, 6.45) is -1.18. The number of non-ortho nitro benzene ring substituents is 1. The monoisotopic (exact) mass is 373 g/mol. The lowest BCUT2D eigenvalue weighted by Crippen LogP contribution is -2.30. The van der Waals surface area contributed by atoms with Crippen molar-refractivity contribution in [3.05, 3.63) is 68.7 Å². The Balaban J connectivity index is 2.08. The molecule has 1 atom stereocenters. The minimum atomic E-state index is -1.18. The van der Waals surface area contributed by atoms with E-state index in [4.69, 9.17) is 21.6 Å². The third kappa shape index (κ3) is 4.34. The number of nitro benzene ring substituents is 1. The van der Waals surface area contributed by atoms with Crippen molar-refractivity contribution in [2.75, 3.05) is 5.32 Å². The quantitative estimate of drug-likeness (QED) is 0.487. The van der Waals surface area contributed by atoms with E-state index in [9.17, 15) is 19.7 Å². The van der Waals surface area contributed by atoms with E-state index in [1.54, 1.807) is 12.1 Å². The number of halogens is 1. The fraction of sp³-hybridized carbons (Fsp3) is 0.118. The molecule has 8 nitrogen and oxygen atoms in total. The van der Waals surface area contributed by atoms with Gasteiger partial charge in [-0.3, -0.25) is 14.9 Å². The first-order chi connectivity index (χ1) is 12.3. The standard InChI is InChI=1S/C17H12ClN3O5/c1-10(16(22)20-15-5-3-2-4-11(15)9-19)26-17(23)13-7-6-12(21(24)25)8-14(13)18/h2-8,10H,1H3,(H,20,22)/t10-/m1/s1. The third-order valence-electron chi connectivity index (χ3n) is 3.34. The van der Waals surface area contributed by atoms with Crippen molar-refractivity contribution in [1.29, 1.82) is 5.26 Å². The summed E-state index contributed by atoms with van der Waals surface area (Å²) in [6.45, 7) is 1.35. The minimum absolute atomic E-state index is 0.102. The Morgan fingerprint density at radius 3 is 2.62 bits per heavy atom. The number of nitrogens with one attached hydrogen (secondary N) is 1. The zero-order chi connectivity index (χ0) is 19.3. The van der Waals surface area contributed by atoms with Gasteiger partial charge in [-0.15, -0.1) is 0 Å². The van der Waals surface area contributed by atoms with E-state index >= 15 is 0 Å². The van der Waals surface area contributed by atoms with Crippen LogP contribution in [0.1, 0.15) is 22.8 Å². The highest BCUT2D eigenvalue weighted by atomic mass is 35.5. The topological polar surface area (TPSA) is 122 Å². The van der Waals surface area contributed by atoms with Crippen molar-refractivity contribution in [2.24, 2.45) is 0 Å². The maximum atomic E-state index is 12.2. The number of nitriles is 1. The number of hydrogen-bond donors (Lipinski definition) is 1. The first-order valence-electron chi connectivity index (χ1n) is 7.28. The SMILES string of the molecule is C[C@@H](OC(=O)c1ccc([N+](=O)[O-])cc1Cl)C(=O)Nc1ccccc1C#N. The molecule has 1 amide bonds. The minimum Gasteiger partial charge on any atom is -0.449 e. The number of hydrogen-bond acceptors (Lipinski definition) is 6. The van der Waals surface area contributed by atoms with Crippen LogP contribution in [0.3, 0.4) is 0 Å². The number of rotatable bonds is 5. The summed E-state index contributed by atoms with van der Waals surface area (Å²) in [5.41, 5.74) is 0.175. The van der Waals surface area contributed by atoms with Crippen LogP contribution in [-0.4, -0.2) is 22.9 Å². The smallest absolute Gasteiger partial charge is 0.340 e. The summed E-state index contributed by atoms with van der Waals surface area (Å²) < 4.78 is 5.04. The van der Waals surface area contributed by atoms with E-state index in [0.717, 1.165) is 18.2 Å². The van der Waals surface area contributed by atoms with Crippen LogP contribution in [0.25, 0.3) is 0 Å². The highest BCUT2D eigenvalue weighted by molar-refractivity contribution is 6.33. The summed E-state index contributed by atoms with van der Waals surface area (Å²) in [4.78, 5) is 34.3. The Bertz CT molecular complexity index is 923. The molecule has 0 radical (unpaired) electrons. The number of carbonyl (C=O) groups excluding carboxylic acids is 2. The van der Waals surface area contributed by atoms with E-state index in [0.29, 0.717) is 0 Å². The molecule has 0 fully saturated rings. The Kier molecular flexibility index (Phi) is 5.88. The van der Waals surface area contributed by atoms with Gasteiger partial charge in [0.1, 0.15) is 6.07 Å². The predicted octanol–water partition coefficient (Wildman–Crippen LogP) is 3.30. The van der Waals surface area contributed by atoms with Crippen LogP contribution in [-0.2, 0) is 9.53 Å². The van der Waals surface area contributed by atoms with E-state index in [1.165, 1.54) is 19.1 Å². The first-order valence-corrected chi connectivity index (χ1v) is 7.66. The molecule has 2 rings (SSSR count). The summed E-state index contributed by atoms with van der Waals surface area (Å²) in [5.74, 6) is -1.54. The van der Waals surface area contributed by atoms with Crippen LogP contribution in [0.2, 0.25) is 5.02 Å². The van der Waals surface area contributed by atoms with Crippen LogP contribution in [0.15, 0.2) is 42.5 Å². The molecule has 0 aliphatic heterocycles. The zero-order valence-electron chi connectivity index (χ0n) is 13.4. The molecule has 0 saturated carbocycles. The van der Waals surface area contributed by atoms with Crippen LogP contribution < -0.4 is 5.32 Å². The van der Waals surface area contributed by atoms with Gasteiger partial charge in [-0.1, -0.05) is 23.7 Å². The first kappa shape index (κ1) is 18.9. The van der Waals surface area contributed by atoms with E-state index in [1.807, 2.05) is 6.07 Å². The highest BCUT2D eigenvalue weighted by Gasteiger charge is 2.22. The van der Waals surface area contributed by atoms with Gasteiger partial charge in [0.15, 0.2) is 6.10 Å². The molecular weight excluding hydrogens is 362 g/mol. The predicted molar refractivity (Wildman–Crippen MR) is 92.8 cm³/mol. The van der Waals surface area contributed by atoms with Gasteiger partial charge >= 0.3 is 5.97 Å². The molecular formula is C17H12ClN3O5. The van der Waals surface area contributed by atoms with Gasteiger partial charge in [-0.2, -0.15) is 5.26 Å². The largest absolute Gasteiger partial charge is 0.449 e. The second-order valence-electron chi connectivity index (χ2n) is 5.12. The second-order valence-corrected chi connectivity index (χ2v) is 5.52. The molecule has 0 aliphatic rings. The molecule has 0 heterocycles. The lowest BCUT2D eigenvalue weighted by atomic mass is 10.2. The molecule has 1 N–H and O–H groups in total. The molecule has 0 bridgehead atoms. The van der Waals surface area contributed by atoms with E-state index < -0.39 is 22.9 Å². The molecule has 2 aromatic carbocycles. The molecule has 0 saturated heterocycles. The van der Waals surface area contributed by atoms with Crippen LogP contribution in [0.4, 0.5) is 11.4 Å². The van der Waals surface area contributed by atoms with Gasteiger partial charge in [0.05, 0.1) is 26.8 Å². The normalized spacial score (nSPS) is 11.1. The molecule has 9 heteroatoms. The van der Waals surface area contributed by atoms with Gasteiger partial charge in [0.25, 0.3) is 11.6 Å². The average Bonchev–Trinajstić information content (AvgIpc) is 2.61. The molecule has 0 aliphatic carbocycles. The molecule has 2 aromatic rings. The maximum Gasteiger partial charge on any atom is 0.340 e. The lowest BCUT2D eigenvalue weighted by molar-refractivity contribution is -0.384. The molecule has 132 valence electrons. The molecule has 0 aromatic heterocycles. The number of nitro groups is 1. The van der Waals surface area contributed by atoms with Gasteiger partial charge in [0.2, 0.25) is 0 Å². The number of benzene rings is 2. The average molecular weight is 374 g/mol. The summed E-state index contributed by atoms with van der Waals surface area (Å²) in [7, 11) is 0. The van der Waals surface area contributed by atoms with Crippen molar-refractivity contribution in [1.82, 2.24) is 0 Å². The Hall–Kier alpha value is -3.44.